The number of rotatable bonds is 12. The minimum atomic E-state index is -3.92. The summed E-state index contributed by atoms with van der Waals surface area (Å²) in [7, 11) is -3.92. The number of benzene rings is 4. The van der Waals surface area contributed by atoms with Gasteiger partial charge >= 0.3 is 5.97 Å². The lowest BCUT2D eigenvalue weighted by atomic mass is 9.95. The third kappa shape index (κ3) is 7.71. The minimum absolute atomic E-state index is 0.0935. The molecule has 308 valence electrons. The summed E-state index contributed by atoms with van der Waals surface area (Å²) < 4.78 is 31.3. The van der Waals surface area contributed by atoms with Gasteiger partial charge in [0, 0.05) is 39.7 Å². The zero-order chi connectivity index (χ0) is 43.2. The van der Waals surface area contributed by atoms with E-state index in [1.54, 1.807) is 35.7 Å². The van der Waals surface area contributed by atoms with E-state index in [2.05, 4.69) is 45.1 Å². The molecule has 7 aromatic rings. The molecule has 61 heavy (non-hydrogen) atoms. The van der Waals surface area contributed by atoms with Crippen LogP contribution in [0.3, 0.4) is 0 Å². The molecular formula is C46H42N8O5S2. The van der Waals surface area contributed by atoms with Crippen molar-refractivity contribution in [1.82, 2.24) is 25.1 Å². The van der Waals surface area contributed by atoms with E-state index in [9.17, 15) is 28.4 Å². The van der Waals surface area contributed by atoms with Gasteiger partial charge in [-0.1, -0.05) is 61.5 Å². The van der Waals surface area contributed by atoms with E-state index in [1.165, 1.54) is 12.1 Å². The Hall–Kier alpha value is -6.89. The van der Waals surface area contributed by atoms with E-state index < -0.39 is 22.0 Å². The fourth-order valence-corrected chi connectivity index (χ4v) is 10.1. The standard InChI is InChI=1S/C46H42N8O5S2/c1-6-30-14-18-37(43-41(30)34(23-47)24-49-43)53-61(58,59)35-15-7-29(8-16-35)19-20-48-45(57)36-17-13-33(21-25(36)2)31-9-11-32(12-10-31)42-40-26(3)27(4)60-46(40)54-28(5)51-52-44(54)38(50-42)22-39(55)56/h7-18,21,24,38,49,53H,6,19-20,22H2,1-5H3,(H,48,57)(H,55,56)/t38-/m0/s1. The highest BCUT2D eigenvalue weighted by Crippen LogP contribution is 2.40. The van der Waals surface area contributed by atoms with Gasteiger partial charge in [0.25, 0.3) is 15.9 Å². The third-order valence-corrected chi connectivity index (χ3v) is 13.7. The number of amides is 1. The number of aliphatic imine (C=N–C) groups is 1. The minimum Gasteiger partial charge on any atom is -0.481 e. The molecule has 4 heterocycles. The number of aliphatic carboxylic acids is 1. The van der Waals surface area contributed by atoms with Crippen LogP contribution in [-0.2, 0) is 27.7 Å². The average molecular weight is 851 g/mol. The number of H-pyrrole nitrogens is 1. The van der Waals surface area contributed by atoms with Crippen LogP contribution in [0.5, 0.6) is 0 Å². The number of aryl methyl sites for hydroxylation is 4. The number of aromatic amines is 1. The van der Waals surface area contributed by atoms with E-state index >= 15 is 0 Å². The summed E-state index contributed by atoms with van der Waals surface area (Å²) in [6.07, 6.45) is 2.56. The van der Waals surface area contributed by atoms with Crippen LogP contribution < -0.4 is 10.0 Å². The maximum Gasteiger partial charge on any atom is 0.306 e. The summed E-state index contributed by atoms with van der Waals surface area (Å²) >= 11 is 1.62. The SMILES string of the molecule is CCc1ccc(NS(=O)(=O)c2ccc(CCNC(=O)c3ccc(-c4ccc(C5=N[C@@H](CC(=O)O)c6nnc(C)n6-c6sc(C)c(C)c65)cc4)cc3C)cc2)c2[nH]cc(C#N)c12. The van der Waals surface area contributed by atoms with E-state index in [4.69, 9.17) is 4.99 Å². The summed E-state index contributed by atoms with van der Waals surface area (Å²) in [5.41, 5.74) is 10.0. The average Bonchev–Trinajstić information content (AvgIpc) is 3.91. The fraction of sp³-hybridized carbons (Fsp3) is 0.217. The Morgan fingerprint density at radius 1 is 0.951 bits per heavy atom. The number of nitrogens with one attached hydrogen (secondary N) is 3. The van der Waals surface area contributed by atoms with Crippen LogP contribution in [0.25, 0.3) is 27.0 Å². The molecule has 3 aromatic heterocycles. The number of carbonyl (C=O) groups is 2. The molecule has 15 heteroatoms. The molecule has 0 fully saturated rings. The van der Waals surface area contributed by atoms with Gasteiger partial charge in [-0.15, -0.1) is 21.5 Å². The number of carbonyl (C=O) groups excluding carboxylic acids is 1. The van der Waals surface area contributed by atoms with Crippen LogP contribution in [0.4, 0.5) is 5.69 Å². The molecule has 0 saturated carbocycles. The Bertz CT molecular complexity index is 3060. The Morgan fingerprint density at radius 3 is 2.36 bits per heavy atom. The fourth-order valence-electron chi connectivity index (χ4n) is 7.85. The Morgan fingerprint density at radius 2 is 1.67 bits per heavy atom. The number of carboxylic acids is 1. The molecule has 0 spiro atoms. The van der Waals surface area contributed by atoms with Gasteiger partial charge in [0.2, 0.25) is 0 Å². The van der Waals surface area contributed by atoms with Crippen LogP contribution in [0, 0.1) is 39.0 Å². The number of sulfonamides is 1. The highest BCUT2D eigenvalue weighted by molar-refractivity contribution is 7.92. The molecule has 8 rings (SSSR count). The monoisotopic (exact) mass is 850 g/mol. The molecule has 13 nitrogen and oxygen atoms in total. The first kappa shape index (κ1) is 40.9. The number of hydrogen-bond donors (Lipinski definition) is 4. The summed E-state index contributed by atoms with van der Waals surface area (Å²) in [5.74, 6) is 0.00127. The molecule has 1 aliphatic heterocycles. The normalized spacial score (nSPS) is 13.5. The van der Waals surface area contributed by atoms with Crippen molar-refractivity contribution < 1.29 is 23.1 Å². The van der Waals surface area contributed by atoms with Crippen LogP contribution >= 0.6 is 11.3 Å². The third-order valence-electron chi connectivity index (χ3n) is 11.2. The summed E-state index contributed by atoms with van der Waals surface area (Å²) in [6, 6.07) is 25.2. The second-order valence-electron chi connectivity index (χ2n) is 15.0. The van der Waals surface area contributed by atoms with Crippen molar-refractivity contribution in [3.05, 3.63) is 146 Å². The van der Waals surface area contributed by atoms with E-state index in [1.807, 2.05) is 73.9 Å². The number of nitrogens with zero attached hydrogens (tertiary/aromatic N) is 5. The van der Waals surface area contributed by atoms with Gasteiger partial charge in [0.1, 0.15) is 22.9 Å². The lowest BCUT2D eigenvalue weighted by Crippen LogP contribution is -2.26. The highest BCUT2D eigenvalue weighted by Gasteiger charge is 2.32. The molecule has 1 aliphatic rings. The molecule has 0 saturated heterocycles. The zero-order valence-corrected chi connectivity index (χ0v) is 35.8. The number of aromatic nitrogens is 4. The maximum absolute atomic E-state index is 13.3. The topological polar surface area (TPSA) is 195 Å². The van der Waals surface area contributed by atoms with Crippen LogP contribution in [0.1, 0.15) is 85.2 Å². The predicted octanol–water partition coefficient (Wildman–Crippen LogP) is 8.28. The van der Waals surface area contributed by atoms with Crippen molar-refractivity contribution in [2.45, 2.75) is 64.8 Å². The molecule has 4 aromatic carbocycles. The molecule has 4 N–H and O–H groups in total. The first-order chi connectivity index (χ1) is 29.3. The van der Waals surface area contributed by atoms with E-state index in [-0.39, 0.29) is 17.2 Å². The van der Waals surface area contributed by atoms with Crippen LogP contribution in [-0.4, -0.2) is 57.4 Å². The lowest BCUT2D eigenvalue weighted by molar-refractivity contribution is -0.137. The summed E-state index contributed by atoms with van der Waals surface area (Å²) in [5, 5.41) is 32.6. The van der Waals surface area contributed by atoms with Crippen molar-refractivity contribution >= 4 is 55.5 Å². The largest absolute Gasteiger partial charge is 0.481 e. The number of nitriles is 1. The molecular weight excluding hydrogens is 809 g/mol. The van der Waals surface area contributed by atoms with Crippen molar-refractivity contribution in [1.29, 1.82) is 5.26 Å². The quantitative estimate of drug-likeness (QED) is 0.0943. The summed E-state index contributed by atoms with van der Waals surface area (Å²) in [4.78, 5) is 34.5. The second kappa shape index (κ2) is 16.3. The first-order valence-corrected chi connectivity index (χ1v) is 22.0. The molecule has 0 aliphatic carbocycles. The number of fused-ring (bicyclic) bond motifs is 4. The van der Waals surface area contributed by atoms with Crippen molar-refractivity contribution in [3.8, 4) is 22.2 Å². The first-order valence-electron chi connectivity index (χ1n) is 19.7. The van der Waals surface area contributed by atoms with Gasteiger partial charge in [-0.25, -0.2) is 8.42 Å². The molecule has 1 atom stereocenters. The smallest absolute Gasteiger partial charge is 0.306 e. The Balaban J connectivity index is 0.927. The van der Waals surface area contributed by atoms with Crippen LogP contribution in [0.2, 0.25) is 0 Å². The van der Waals surface area contributed by atoms with E-state index in [0.717, 1.165) is 54.4 Å². The second-order valence-corrected chi connectivity index (χ2v) is 17.9. The maximum atomic E-state index is 13.3. The Labute approximate surface area is 356 Å². The van der Waals surface area contributed by atoms with Gasteiger partial charge < -0.3 is 15.4 Å². The van der Waals surface area contributed by atoms with Crippen molar-refractivity contribution in [3.63, 3.8) is 0 Å². The van der Waals surface area contributed by atoms with Gasteiger partial charge in [-0.05, 0) is 98.2 Å². The van der Waals surface area contributed by atoms with Gasteiger partial charge in [-0.2, -0.15) is 5.26 Å². The molecule has 0 radical (unpaired) electrons. The number of carboxylic acid groups (broad SMARTS) is 1. The molecule has 0 bridgehead atoms. The molecule has 1 amide bonds. The Kier molecular flexibility index (Phi) is 10.9. The summed E-state index contributed by atoms with van der Waals surface area (Å²) in [6.45, 7) is 10.2. The molecule has 0 unspecified atom stereocenters. The zero-order valence-electron chi connectivity index (χ0n) is 34.1. The number of anilines is 1. The predicted molar refractivity (Wildman–Crippen MR) is 236 cm³/mol. The van der Waals surface area contributed by atoms with Gasteiger partial charge in [0.05, 0.1) is 33.8 Å². The van der Waals surface area contributed by atoms with Crippen molar-refractivity contribution in [2.24, 2.45) is 4.99 Å². The highest BCUT2D eigenvalue weighted by atomic mass is 32.2. The van der Waals surface area contributed by atoms with Gasteiger partial charge in [0.15, 0.2) is 5.82 Å². The van der Waals surface area contributed by atoms with E-state index in [0.29, 0.717) is 64.5 Å². The van der Waals surface area contributed by atoms with Crippen LogP contribution in [0.15, 0.2) is 94.9 Å². The number of hydrogen-bond acceptors (Lipinski definition) is 9. The lowest BCUT2D eigenvalue weighted by Gasteiger charge is -2.13. The van der Waals surface area contributed by atoms with Crippen molar-refractivity contribution in [2.75, 3.05) is 11.3 Å². The number of thiophene rings is 1. The van der Waals surface area contributed by atoms with Gasteiger partial charge in [-0.3, -0.25) is 23.9 Å².